The maximum absolute atomic E-state index is 6.87. The molecule has 3 nitrogen and oxygen atoms in total. The van der Waals surface area contributed by atoms with Gasteiger partial charge in [-0.3, -0.25) is 0 Å². The number of benzene rings is 7. The number of hydrogen-bond acceptors (Lipinski definition) is 3. The molecule has 0 spiro atoms. The fourth-order valence-corrected chi connectivity index (χ4v) is 9.90. The van der Waals surface area contributed by atoms with Crippen molar-refractivity contribution in [3.8, 4) is 5.75 Å². The molecule has 0 aliphatic carbocycles. The van der Waals surface area contributed by atoms with Gasteiger partial charge in [-0.05, 0) is 83.2 Å². The Morgan fingerprint density at radius 3 is 1.49 bits per heavy atom. The van der Waals surface area contributed by atoms with Gasteiger partial charge >= 0.3 is 8.24 Å². The quantitative estimate of drug-likeness (QED) is 0.180. The molecule has 1 aromatic heterocycles. The van der Waals surface area contributed by atoms with Gasteiger partial charge in [-0.25, -0.2) is 0 Å². The van der Waals surface area contributed by atoms with E-state index in [0.29, 0.717) is 0 Å². The van der Waals surface area contributed by atoms with E-state index < -0.39 is 16.2 Å². The minimum absolute atomic E-state index is 0.768. The molecule has 0 saturated heterocycles. The molecule has 0 bridgehead atoms. The van der Waals surface area contributed by atoms with E-state index in [1.807, 2.05) is 12.1 Å². The van der Waals surface area contributed by atoms with Gasteiger partial charge in [0.25, 0.3) is 0 Å². The van der Waals surface area contributed by atoms with Crippen molar-refractivity contribution < 1.29 is 12.9 Å². The Hall–Kier alpha value is -4.81. The summed E-state index contributed by atoms with van der Waals surface area (Å²) in [6, 6.07) is 51.1. The zero-order valence-electron chi connectivity index (χ0n) is 25.0. The Labute approximate surface area is 264 Å². The Bertz CT molecular complexity index is 2240. The average Bonchev–Trinajstić information content (AvgIpc) is 3.25. The van der Waals surface area contributed by atoms with Crippen LogP contribution in [-0.4, -0.2) is 0 Å². The molecule has 0 fully saturated rings. The Morgan fingerprint density at radius 2 is 0.956 bits per heavy atom. The monoisotopic (exact) mass is 620 g/mol. The largest absolute Gasteiger partial charge is 0.453 e. The van der Waals surface area contributed by atoms with E-state index in [0.717, 1.165) is 54.9 Å². The molecule has 218 valence electrons. The second kappa shape index (κ2) is 11.6. The summed E-state index contributed by atoms with van der Waals surface area (Å²) in [6.07, 6.45) is 0. The van der Waals surface area contributed by atoms with Gasteiger partial charge in [0.1, 0.15) is 16.9 Å². The lowest BCUT2D eigenvalue weighted by Crippen LogP contribution is -2.21. The van der Waals surface area contributed by atoms with E-state index >= 15 is 0 Å². The van der Waals surface area contributed by atoms with E-state index in [1.165, 1.54) is 21.4 Å². The summed E-state index contributed by atoms with van der Waals surface area (Å²) in [7, 11) is -2.75. The Kier molecular flexibility index (Phi) is 7.15. The lowest BCUT2D eigenvalue weighted by Gasteiger charge is -2.21. The third-order valence-corrected chi connectivity index (χ3v) is 11.8. The van der Waals surface area contributed by atoms with Gasteiger partial charge in [0.05, 0.1) is 0 Å². The van der Waals surface area contributed by atoms with Crippen molar-refractivity contribution in [1.82, 2.24) is 0 Å². The molecule has 0 N–H and O–H groups in total. The molecule has 0 aliphatic heterocycles. The molecule has 1 heterocycles. The molecule has 0 atom stereocenters. The smallest absolute Gasteiger partial charge is 0.390 e. The van der Waals surface area contributed by atoms with Crippen molar-refractivity contribution in [2.24, 2.45) is 0 Å². The first-order chi connectivity index (χ1) is 22.2. The number of aryl methyl sites for hydroxylation is 2. The predicted octanol–water partition coefficient (Wildman–Crippen LogP) is 10.8. The molecule has 0 saturated carbocycles. The highest BCUT2D eigenvalue weighted by molar-refractivity contribution is 7.80. The van der Waals surface area contributed by atoms with Crippen molar-refractivity contribution in [2.75, 3.05) is 0 Å². The van der Waals surface area contributed by atoms with Crippen LogP contribution in [0.5, 0.6) is 5.75 Å². The zero-order valence-corrected chi connectivity index (χ0v) is 26.8. The first-order valence-corrected chi connectivity index (χ1v) is 17.5. The summed E-state index contributed by atoms with van der Waals surface area (Å²) >= 11 is 0. The van der Waals surface area contributed by atoms with Crippen molar-refractivity contribution in [3.05, 3.63) is 157 Å². The fourth-order valence-electron chi connectivity index (χ4n) is 6.26. The molecular weight excluding hydrogens is 590 g/mol. The van der Waals surface area contributed by atoms with Crippen LogP contribution in [0.25, 0.3) is 43.5 Å². The van der Waals surface area contributed by atoms with E-state index in [9.17, 15) is 0 Å². The SMILES string of the molecule is Cc1cc2ccccc2c2c1op(Oc1ccccc1P(c1ccccc1)c1ccccc1)oc1c(C)cc3ccccc3c12. The first-order valence-electron chi connectivity index (χ1n) is 15.0. The minimum Gasteiger partial charge on any atom is -0.390 e. The third-order valence-electron chi connectivity index (χ3n) is 8.26. The lowest BCUT2D eigenvalue weighted by molar-refractivity contribution is 0.499. The van der Waals surface area contributed by atoms with Crippen molar-refractivity contribution in [3.63, 3.8) is 0 Å². The summed E-state index contributed by atoms with van der Waals surface area (Å²) in [5.41, 5.74) is 3.71. The van der Waals surface area contributed by atoms with Crippen LogP contribution in [0.15, 0.2) is 154 Å². The molecule has 7 aromatic carbocycles. The summed E-state index contributed by atoms with van der Waals surface area (Å²) < 4.78 is 20.6. The van der Waals surface area contributed by atoms with Crippen LogP contribution >= 0.6 is 16.2 Å². The van der Waals surface area contributed by atoms with Crippen LogP contribution < -0.4 is 20.4 Å². The van der Waals surface area contributed by atoms with E-state index in [4.69, 9.17) is 12.9 Å². The van der Waals surface area contributed by atoms with Gasteiger partial charge in [-0.2, -0.15) is 0 Å². The van der Waals surface area contributed by atoms with E-state index in [2.05, 4.69) is 147 Å². The molecule has 0 radical (unpaired) electrons. The molecule has 0 aliphatic rings. The van der Waals surface area contributed by atoms with Crippen LogP contribution in [0.4, 0.5) is 0 Å². The molecule has 0 unspecified atom stereocenters. The van der Waals surface area contributed by atoms with Gasteiger partial charge < -0.3 is 12.9 Å². The van der Waals surface area contributed by atoms with Crippen molar-refractivity contribution in [2.45, 2.75) is 13.8 Å². The number of rotatable bonds is 5. The molecular formula is C40H30O3P2. The molecule has 45 heavy (non-hydrogen) atoms. The van der Waals surface area contributed by atoms with Crippen LogP contribution in [-0.2, 0) is 0 Å². The number of para-hydroxylation sites is 1. The van der Waals surface area contributed by atoms with Crippen LogP contribution in [0.1, 0.15) is 11.1 Å². The zero-order chi connectivity index (χ0) is 30.3. The van der Waals surface area contributed by atoms with Gasteiger partial charge in [0.2, 0.25) is 0 Å². The molecule has 8 aromatic rings. The minimum atomic E-state index is -1.86. The number of hydrogen-bond donors (Lipinski definition) is 0. The van der Waals surface area contributed by atoms with Gasteiger partial charge in [-0.1, -0.05) is 127 Å². The summed E-state index contributed by atoms with van der Waals surface area (Å²) in [5, 5.41) is 10.3. The number of fused-ring (bicyclic) bond motifs is 7. The lowest BCUT2D eigenvalue weighted by atomic mass is 9.95. The van der Waals surface area contributed by atoms with Crippen molar-refractivity contribution >= 4 is 75.6 Å². The van der Waals surface area contributed by atoms with E-state index in [-0.39, 0.29) is 0 Å². The highest BCUT2D eigenvalue weighted by atomic mass is 31.1. The Balaban J connectivity index is 1.42. The average molecular weight is 621 g/mol. The maximum atomic E-state index is 6.87. The van der Waals surface area contributed by atoms with Gasteiger partial charge in [0.15, 0.2) is 0 Å². The predicted molar refractivity (Wildman–Crippen MR) is 192 cm³/mol. The molecule has 5 heteroatoms. The van der Waals surface area contributed by atoms with Gasteiger partial charge in [0, 0.05) is 16.1 Å². The molecule has 0 amide bonds. The van der Waals surface area contributed by atoms with Crippen LogP contribution in [0, 0.1) is 13.8 Å². The Morgan fingerprint density at radius 1 is 0.511 bits per heavy atom. The second-order valence-corrected chi connectivity index (χ2v) is 14.4. The highest BCUT2D eigenvalue weighted by Gasteiger charge is 2.23. The van der Waals surface area contributed by atoms with Crippen molar-refractivity contribution in [1.29, 1.82) is 0 Å². The summed E-state index contributed by atoms with van der Waals surface area (Å²) in [5.74, 6) is 0.768. The normalized spacial score (nSPS) is 11.5. The molecule has 8 rings (SSSR count). The van der Waals surface area contributed by atoms with Gasteiger partial charge in [-0.15, -0.1) is 0 Å². The summed E-state index contributed by atoms with van der Waals surface area (Å²) in [6.45, 7) is 4.22. The van der Waals surface area contributed by atoms with E-state index in [1.54, 1.807) is 0 Å². The topological polar surface area (TPSA) is 35.5 Å². The summed E-state index contributed by atoms with van der Waals surface area (Å²) in [4.78, 5) is 0. The van der Waals surface area contributed by atoms with Crippen LogP contribution in [0.2, 0.25) is 0 Å². The maximum Gasteiger partial charge on any atom is 0.453 e. The third kappa shape index (κ3) is 4.99. The highest BCUT2D eigenvalue weighted by Crippen LogP contribution is 2.45. The standard InChI is InChI=1S/C40H30O3P2/c1-27-25-29-15-9-11-21-33(29)37-38-34-22-12-10-16-30(34)26-28(2)40(38)43-45(42-39(27)37)41-35-23-13-14-24-36(35)44(31-17-5-3-6-18-31)32-19-7-4-8-20-32/h3-26H,1-2H3. The fraction of sp³-hybridized carbons (Fsp3) is 0.0500. The second-order valence-electron chi connectivity index (χ2n) is 11.2. The van der Waals surface area contributed by atoms with Crippen LogP contribution in [0.3, 0.4) is 0 Å². The first kappa shape index (κ1) is 27.7.